The monoisotopic (exact) mass is 195 g/mol. The number of aromatic nitrogens is 2. The van der Waals surface area contributed by atoms with Crippen LogP contribution in [0.25, 0.3) is 0 Å². The van der Waals surface area contributed by atoms with E-state index >= 15 is 0 Å². The molecule has 0 spiro atoms. The maximum Gasteiger partial charge on any atom is 0.0596 e. The molecule has 2 N–H and O–H groups in total. The van der Waals surface area contributed by atoms with E-state index in [4.69, 9.17) is 5.73 Å². The SMILES string of the molecule is Cc1cc(C)n(CC(N)C(C)(C)C)n1. The van der Waals surface area contributed by atoms with E-state index in [0.717, 1.165) is 12.2 Å². The van der Waals surface area contributed by atoms with Crippen LogP contribution in [-0.2, 0) is 6.54 Å². The Balaban J connectivity index is 2.74. The summed E-state index contributed by atoms with van der Waals surface area (Å²) < 4.78 is 1.99. The van der Waals surface area contributed by atoms with Crippen LogP contribution in [0.3, 0.4) is 0 Å². The molecule has 80 valence electrons. The van der Waals surface area contributed by atoms with E-state index in [-0.39, 0.29) is 11.5 Å². The highest BCUT2D eigenvalue weighted by molar-refractivity contribution is 5.06. The number of hydrogen-bond acceptors (Lipinski definition) is 2. The Morgan fingerprint density at radius 2 is 2.00 bits per heavy atom. The summed E-state index contributed by atoms with van der Waals surface area (Å²) in [7, 11) is 0. The molecule has 0 fully saturated rings. The van der Waals surface area contributed by atoms with Gasteiger partial charge in [-0.25, -0.2) is 0 Å². The van der Waals surface area contributed by atoms with Crippen LogP contribution in [-0.4, -0.2) is 15.8 Å². The summed E-state index contributed by atoms with van der Waals surface area (Å²) in [6, 6.07) is 2.22. The Morgan fingerprint density at radius 1 is 1.43 bits per heavy atom. The second-order valence-corrected chi connectivity index (χ2v) is 5.08. The minimum absolute atomic E-state index is 0.131. The molecule has 14 heavy (non-hydrogen) atoms. The third-order valence-corrected chi connectivity index (χ3v) is 2.59. The molecule has 0 aliphatic carbocycles. The van der Waals surface area contributed by atoms with Crippen LogP contribution in [0, 0.1) is 19.3 Å². The summed E-state index contributed by atoms with van der Waals surface area (Å²) in [6.45, 7) is 11.3. The third kappa shape index (κ3) is 2.58. The number of hydrogen-bond donors (Lipinski definition) is 1. The Kier molecular flexibility index (Phi) is 3.00. The Bertz CT molecular complexity index is 307. The van der Waals surface area contributed by atoms with Gasteiger partial charge in [0.05, 0.1) is 12.2 Å². The highest BCUT2D eigenvalue weighted by atomic mass is 15.3. The van der Waals surface area contributed by atoms with E-state index in [9.17, 15) is 0 Å². The molecule has 1 aromatic rings. The van der Waals surface area contributed by atoms with Gasteiger partial charge in [-0.2, -0.15) is 5.10 Å². The van der Waals surface area contributed by atoms with Crippen LogP contribution < -0.4 is 5.73 Å². The lowest BCUT2D eigenvalue weighted by Gasteiger charge is -2.27. The fourth-order valence-corrected chi connectivity index (χ4v) is 1.32. The molecule has 0 bridgehead atoms. The van der Waals surface area contributed by atoms with Gasteiger partial charge in [-0.15, -0.1) is 0 Å². The number of aryl methyl sites for hydroxylation is 2. The van der Waals surface area contributed by atoms with E-state index in [1.165, 1.54) is 5.69 Å². The Labute approximate surface area is 86.3 Å². The van der Waals surface area contributed by atoms with E-state index in [2.05, 4.69) is 38.9 Å². The van der Waals surface area contributed by atoms with Crippen molar-refractivity contribution in [2.24, 2.45) is 11.1 Å². The average molecular weight is 195 g/mol. The number of nitrogens with zero attached hydrogens (tertiary/aromatic N) is 2. The van der Waals surface area contributed by atoms with Crippen molar-refractivity contribution in [2.75, 3.05) is 0 Å². The van der Waals surface area contributed by atoms with Crippen LogP contribution in [0.1, 0.15) is 32.2 Å². The van der Waals surface area contributed by atoms with Crippen molar-refractivity contribution in [3.05, 3.63) is 17.5 Å². The molecule has 1 atom stereocenters. The standard InChI is InChI=1S/C11H21N3/c1-8-6-9(2)14(13-8)7-10(12)11(3,4)5/h6,10H,7,12H2,1-5H3. The summed E-state index contributed by atoms with van der Waals surface area (Å²) >= 11 is 0. The zero-order valence-electron chi connectivity index (χ0n) is 9.83. The van der Waals surface area contributed by atoms with Crippen LogP contribution in [0.4, 0.5) is 0 Å². The molecule has 1 heterocycles. The molecule has 0 saturated carbocycles. The molecular formula is C11H21N3. The highest BCUT2D eigenvalue weighted by Crippen LogP contribution is 2.19. The maximum atomic E-state index is 6.10. The topological polar surface area (TPSA) is 43.8 Å². The quantitative estimate of drug-likeness (QED) is 0.783. The largest absolute Gasteiger partial charge is 0.326 e. The highest BCUT2D eigenvalue weighted by Gasteiger charge is 2.21. The molecule has 3 nitrogen and oxygen atoms in total. The Morgan fingerprint density at radius 3 is 2.36 bits per heavy atom. The molecule has 0 aliphatic heterocycles. The van der Waals surface area contributed by atoms with Gasteiger partial charge in [0.15, 0.2) is 0 Å². The maximum absolute atomic E-state index is 6.10. The van der Waals surface area contributed by atoms with Crippen LogP contribution in [0.2, 0.25) is 0 Å². The molecule has 0 aromatic carbocycles. The van der Waals surface area contributed by atoms with Crippen LogP contribution in [0.5, 0.6) is 0 Å². The van der Waals surface area contributed by atoms with Gasteiger partial charge in [-0.1, -0.05) is 20.8 Å². The second kappa shape index (κ2) is 3.73. The molecule has 3 heteroatoms. The van der Waals surface area contributed by atoms with Crippen molar-refractivity contribution >= 4 is 0 Å². The average Bonchev–Trinajstić information content (AvgIpc) is 2.28. The summed E-state index contributed by atoms with van der Waals surface area (Å²) in [4.78, 5) is 0. The van der Waals surface area contributed by atoms with Crippen molar-refractivity contribution in [1.29, 1.82) is 0 Å². The fraction of sp³-hybridized carbons (Fsp3) is 0.727. The lowest BCUT2D eigenvalue weighted by molar-refractivity contribution is 0.281. The Hall–Kier alpha value is -0.830. The van der Waals surface area contributed by atoms with Gasteiger partial charge in [0, 0.05) is 11.7 Å². The van der Waals surface area contributed by atoms with Gasteiger partial charge in [0.25, 0.3) is 0 Å². The van der Waals surface area contributed by atoms with Crippen molar-refractivity contribution < 1.29 is 0 Å². The van der Waals surface area contributed by atoms with E-state index in [0.29, 0.717) is 0 Å². The van der Waals surface area contributed by atoms with Gasteiger partial charge in [0.2, 0.25) is 0 Å². The normalized spacial score (nSPS) is 14.4. The lowest BCUT2D eigenvalue weighted by atomic mass is 9.87. The van der Waals surface area contributed by atoms with Crippen LogP contribution >= 0.6 is 0 Å². The van der Waals surface area contributed by atoms with E-state index in [1.807, 2.05) is 11.6 Å². The summed E-state index contributed by atoms with van der Waals surface area (Å²) in [5.74, 6) is 0. The fourth-order valence-electron chi connectivity index (χ4n) is 1.32. The molecule has 0 aliphatic rings. The van der Waals surface area contributed by atoms with Crippen molar-refractivity contribution in [1.82, 2.24) is 9.78 Å². The first-order valence-corrected chi connectivity index (χ1v) is 5.07. The van der Waals surface area contributed by atoms with Crippen molar-refractivity contribution in [2.45, 2.75) is 47.2 Å². The van der Waals surface area contributed by atoms with Gasteiger partial charge < -0.3 is 5.73 Å². The summed E-state index contributed by atoms with van der Waals surface area (Å²) in [5, 5.41) is 4.40. The minimum Gasteiger partial charge on any atom is -0.326 e. The summed E-state index contributed by atoms with van der Waals surface area (Å²) in [6.07, 6.45) is 0. The molecule has 1 unspecified atom stereocenters. The first kappa shape index (κ1) is 11.2. The minimum atomic E-state index is 0.131. The van der Waals surface area contributed by atoms with Gasteiger partial charge in [-0.3, -0.25) is 4.68 Å². The first-order valence-electron chi connectivity index (χ1n) is 5.07. The number of rotatable bonds is 2. The van der Waals surface area contributed by atoms with Gasteiger partial charge in [-0.05, 0) is 25.3 Å². The smallest absolute Gasteiger partial charge is 0.0596 e. The van der Waals surface area contributed by atoms with E-state index < -0.39 is 0 Å². The molecule has 1 rings (SSSR count). The molecule has 0 saturated heterocycles. The van der Waals surface area contributed by atoms with Crippen LogP contribution in [0.15, 0.2) is 6.07 Å². The van der Waals surface area contributed by atoms with Gasteiger partial charge >= 0.3 is 0 Å². The second-order valence-electron chi connectivity index (χ2n) is 5.08. The zero-order valence-corrected chi connectivity index (χ0v) is 9.83. The predicted molar refractivity (Wildman–Crippen MR) is 59.1 cm³/mol. The van der Waals surface area contributed by atoms with Gasteiger partial charge in [0.1, 0.15) is 0 Å². The lowest BCUT2D eigenvalue weighted by Crippen LogP contribution is -2.39. The molecule has 0 amide bonds. The van der Waals surface area contributed by atoms with Crippen molar-refractivity contribution in [3.8, 4) is 0 Å². The first-order chi connectivity index (χ1) is 6.30. The molecule has 1 aromatic heterocycles. The molecular weight excluding hydrogens is 174 g/mol. The number of nitrogens with two attached hydrogens (primary N) is 1. The van der Waals surface area contributed by atoms with Crippen molar-refractivity contribution in [3.63, 3.8) is 0 Å². The predicted octanol–water partition coefficient (Wildman–Crippen LogP) is 1.87. The third-order valence-electron chi connectivity index (χ3n) is 2.59. The van der Waals surface area contributed by atoms with E-state index in [1.54, 1.807) is 0 Å². The zero-order chi connectivity index (χ0) is 10.9. The summed E-state index contributed by atoms with van der Waals surface area (Å²) in [5.41, 5.74) is 8.47. The molecule has 0 radical (unpaired) electrons.